The van der Waals surface area contributed by atoms with Crippen LogP contribution in [-0.2, 0) is 13.0 Å². The lowest BCUT2D eigenvalue weighted by atomic mass is 9.99. The van der Waals surface area contributed by atoms with Crippen molar-refractivity contribution in [3.05, 3.63) is 29.1 Å². The monoisotopic (exact) mass is 224 g/mol. The first-order chi connectivity index (χ1) is 7.61. The fourth-order valence-corrected chi connectivity index (χ4v) is 1.90. The van der Waals surface area contributed by atoms with E-state index in [9.17, 15) is 9.18 Å². The van der Waals surface area contributed by atoms with Gasteiger partial charge in [0, 0.05) is 13.1 Å². The van der Waals surface area contributed by atoms with Crippen molar-refractivity contribution in [2.75, 3.05) is 13.7 Å². The molecule has 16 heavy (non-hydrogen) atoms. The average molecular weight is 224 g/mol. The summed E-state index contributed by atoms with van der Waals surface area (Å²) in [6, 6.07) is 2.62. The topological polar surface area (TPSA) is 55.6 Å². The van der Waals surface area contributed by atoms with Crippen molar-refractivity contribution in [1.82, 2.24) is 4.90 Å². The summed E-state index contributed by atoms with van der Waals surface area (Å²) in [6.07, 6.45) is 0.676. The molecule has 1 heterocycles. The van der Waals surface area contributed by atoms with Crippen molar-refractivity contribution in [1.29, 1.82) is 0 Å². The van der Waals surface area contributed by atoms with Crippen molar-refractivity contribution < 1.29 is 13.9 Å². The van der Waals surface area contributed by atoms with Crippen molar-refractivity contribution in [3.8, 4) is 5.75 Å². The van der Waals surface area contributed by atoms with Crippen LogP contribution >= 0.6 is 0 Å². The normalized spacial score (nSPS) is 14.5. The molecule has 0 radical (unpaired) electrons. The zero-order valence-electron chi connectivity index (χ0n) is 9.00. The molecular weight excluding hydrogens is 211 g/mol. The van der Waals surface area contributed by atoms with Crippen LogP contribution in [-0.4, -0.2) is 24.6 Å². The third kappa shape index (κ3) is 1.80. The number of rotatable bonds is 1. The molecule has 1 aliphatic rings. The third-order valence-corrected chi connectivity index (χ3v) is 2.80. The van der Waals surface area contributed by atoms with Crippen LogP contribution in [0.15, 0.2) is 12.1 Å². The summed E-state index contributed by atoms with van der Waals surface area (Å²) >= 11 is 0. The number of amides is 2. The molecule has 1 aliphatic heterocycles. The van der Waals surface area contributed by atoms with Crippen LogP contribution < -0.4 is 10.5 Å². The van der Waals surface area contributed by atoms with Crippen LogP contribution in [0.25, 0.3) is 0 Å². The van der Waals surface area contributed by atoms with Gasteiger partial charge in [-0.05, 0) is 29.7 Å². The predicted molar refractivity (Wildman–Crippen MR) is 56.6 cm³/mol. The van der Waals surface area contributed by atoms with Gasteiger partial charge in [0.2, 0.25) is 0 Å². The van der Waals surface area contributed by atoms with Gasteiger partial charge in [0.05, 0.1) is 7.11 Å². The molecule has 0 aliphatic carbocycles. The zero-order valence-corrected chi connectivity index (χ0v) is 9.00. The van der Waals surface area contributed by atoms with E-state index >= 15 is 0 Å². The maximum atomic E-state index is 13.4. The Balaban J connectivity index is 2.33. The van der Waals surface area contributed by atoms with E-state index in [0.29, 0.717) is 19.5 Å². The van der Waals surface area contributed by atoms with Gasteiger partial charge in [-0.2, -0.15) is 0 Å². The molecule has 0 fully saturated rings. The molecule has 5 heteroatoms. The van der Waals surface area contributed by atoms with Crippen molar-refractivity contribution in [2.45, 2.75) is 13.0 Å². The Bertz CT molecular complexity index is 434. The number of nitrogens with two attached hydrogens (primary N) is 1. The Morgan fingerprint density at radius 2 is 2.25 bits per heavy atom. The van der Waals surface area contributed by atoms with Gasteiger partial charge < -0.3 is 15.4 Å². The number of hydrogen-bond acceptors (Lipinski definition) is 2. The molecule has 0 aromatic heterocycles. The molecule has 2 N–H and O–H groups in total. The highest BCUT2D eigenvalue weighted by Gasteiger charge is 2.20. The van der Waals surface area contributed by atoms with Gasteiger partial charge in [-0.25, -0.2) is 9.18 Å². The zero-order chi connectivity index (χ0) is 11.7. The molecule has 0 bridgehead atoms. The van der Waals surface area contributed by atoms with E-state index in [1.54, 1.807) is 6.07 Å². The molecule has 0 atom stereocenters. The number of hydrogen-bond donors (Lipinski definition) is 1. The number of nitrogens with zero attached hydrogens (tertiary/aromatic N) is 1. The van der Waals surface area contributed by atoms with E-state index in [1.165, 1.54) is 18.1 Å². The molecule has 0 unspecified atom stereocenters. The van der Waals surface area contributed by atoms with Gasteiger partial charge >= 0.3 is 6.03 Å². The van der Waals surface area contributed by atoms with Crippen molar-refractivity contribution in [3.63, 3.8) is 0 Å². The summed E-state index contributed by atoms with van der Waals surface area (Å²) in [6.45, 7) is 0.933. The fourth-order valence-electron chi connectivity index (χ4n) is 1.90. The van der Waals surface area contributed by atoms with E-state index < -0.39 is 11.8 Å². The number of ether oxygens (including phenoxy) is 1. The molecule has 86 valence electrons. The molecule has 0 spiro atoms. The van der Waals surface area contributed by atoms with Crippen LogP contribution in [0.1, 0.15) is 11.1 Å². The van der Waals surface area contributed by atoms with E-state index in [4.69, 9.17) is 10.5 Å². The largest absolute Gasteiger partial charge is 0.494 e. The fraction of sp³-hybridized carbons (Fsp3) is 0.364. The van der Waals surface area contributed by atoms with Crippen LogP contribution in [0.2, 0.25) is 0 Å². The Kier molecular flexibility index (Phi) is 2.68. The summed E-state index contributed by atoms with van der Waals surface area (Å²) < 4.78 is 18.4. The molecule has 0 saturated heterocycles. The SMILES string of the molecule is COc1cc2c(cc1F)CN(C(N)=O)CC2. The van der Waals surface area contributed by atoms with Gasteiger partial charge in [0.25, 0.3) is 0 Å². The lowest BCUT2D eigenvalue weighted by Gasteiger charge is -2.27. The van der Waals surface area contributed by atoms with Gasteiger partial charge in [-0.15, -0.1) is 0 Å². The van der Waals surface area contributed by atoms with Crippen LogP contribution in [0.3, 0.4) is 0 Å². The summed E-state index contributed by atoms with van der Waals surface area (Å²) in [5.74, 6) is -0.168. The second-order valence-electron chi connectivity index (χ2n) is 3.77. The maximum absolute atomic E-state index is 13.4. The van der Waals surface area contributed by atoms with E-state index in [1.807, 2.05) is 0 Å². The van der Waals surface area contributed by atoms with E-state index in [2.05, 4.69) is 0 Å². The number of carbonyl (C=O) groups is 1. The van der Waals surface area contributed by atoms with Gasteiger partial charge in [0.1, 0.15) is 0 Å². The van der Waals surface area contributed by atoms with Gasteiger partial charge in [-0.1, -0.05) is 0 Å². The van der Waals surface area contributed by atoms with Crippen molar-refractivity contribution in [2.24, 2.45) is 5.73 Å². The average Bonchev–Trinajstić information content (AvgIpc) is 2.27. The number of primary amides is 1. The number of carbonyl (C=O) groups excluding carboxylic acids is 1. The first-order valence-corrected chi connectivity index (χ1v) is 5.01. The minimum atomic E-state index is -0.470. The van der Waals surface area contributed by atoms with Gasteiger partial charge in [0.15, 0.2) is 11.6 Å². The van der Waals surface area contributed by atoms with Crippen molar-refractivity contribution >= 4 is 6.03 Å². The standard InChI is InChI=1S/C11H13FN2O2/c1-16-10-5-7-2-3-14(11(13)15)6-8(7)4-9(10)12/h4-5H,2-3,6H2,1H3,(H2,13,15). The number of urea groups is 1. The van der Waals surface area contributed by atoms with E-state index in [0.717, 1.165) is 11.1 Å². The quantitative estimate of drug-likeness (QED) is 0.781. The number of fused-ring (bicyclic) bond motifs is 1. The highest BCUT2D eigenvalue weighted by atomic mass is 19.1. The van der Waals surface area contributed by atoms with Crippen LogP contribution in [0.4, 0.5) is 9.18 Å². The van der Waals surface area contributed by atoms with E-state index in [-0.39, 0.29) is 5.75 Å². The highest BCUT2D eigenvalue weighted by Crippen LogP contribution is 2.26. The second kappa shape index (κ2) is 4.00. The Hall–Kier alpha value is -1.78. The minimum Gasteiger partial charge on any atom is -0.494 e. The molecule has 1 aromatic carbocycles. The second-order valence-corrected chi connectivity index (χ2v) is 3.77. The third-order valence-electron chi connectivity index (χ3n) is 2.80. The summed E-state index contributed by atoms with van der Waals surface area (Å²) in [5.41, 5.74) is 6.99. The summed E-state index contributed by atoms with van der Waals surface area (Å²) in [7, 11) is 1.43. The molecule has 1 aromatic rings. The van der Waals surface area contributed by atoms with Crippen LogP contribution in [0.5, 0.6) is 5.75 Å². The number of halogens is 1. The first kappa shape index (κ1) is 10.7. The first-order valence-electron chi connectivity index (χ1n) is 5.01. The lowest BCUT2D eigenvalue weighted by Crippen LogP contribution is -2.39. The molecule has 2 rings (SSSR count). The smallest absolute Gasteiger partial charge is 0.315 e. The molecule has 0 saturated carbocycles. The minimum absolute atomic E-state index is 0.242. The molecular formula is C11H13FN2O2. The highest BCUT2D eigenvalue weighted by molar-refractivity contribution is 5.72. The number of benzene rings is 1. The maximum Gasteiger partial charge on any atom is 0.315 e. The number of methoxy groups -OCH3 is 1. The molecule has 4 nitrogen and oxygen atoms in total. The Morgan fingerprint density at radius 3 is 2.88 bits per heavy atom. The lowest BCUT2D eigenvalue weighted by molar-refractivity contribution is 0.202. The molecule has 2 amide bonds. The summed E-state index contributed by atoms with van der Waals surface area (Å²) in [4.78, 5) is 12.5. The predicted octanol–water partition coefficient (Wildman–Crippen LogP) is 1.27. The summed E-state index contributed by atoms with van der Waals surface area (Å²) in [5, 5.41) is 0. The van der Waals surface area contributed by atoms with Gasteiger partial charge in [-0.3, -0.25) is 0 Å². The van der Waals surface area contributed by atoms with Crippen LogP contribution in [0, 0.1) is 5.82 Å². The Labute approximate surface area is 92.8 Å². The Morgan fingerprint density at radius 1 is 1.50 bits per heavy atom.